The molecule has 0 aliphatic carbocycles. The van der Waals surface area contributed by atoms with E-state index in [-0.39, 0.29) is 0 Å². The van der Waals surface area contributed by atoms with Crippen molar-refractivity contribution in [3.8, 4) is 11.3 Å². The molecule has 0 spiro atoms. The summed E-state index contributed by atoms with van der Waals surface area (Å²) in [4.78, 5) is 9.28. The number of aromatic nitrogens is 2. The summed E-state index contributed by atoms with van der Waals surface area (Å²) in [6.07, 6.45) is 1.80. The molecule has 0 radical (unpaired) electrons. The van der Waals surface area contributed by atoms with Crippen molar-refractivity contribution in [1.82, 2.24) is 9.97 Å². The second-order valence-electron chi connectivity index (χ2n) is 5.03. The SMILES string of the molecule is Nc1ccc(-c2ccc3ccc4cccnc4c3n2)cc1. The predicted octanol–water partition coefficient (Wildman–Crippen LogP) is 4.03. The number of pyridine rings is 2. The van der Waals surface area contributed by atoms with E-state index >= 15 is 0 Å². The molecule has 3 heteroatoms. The standard InChI is InChI=1S/C18H13N3/c19-15-8-5-12(6-9-15)16-10-7-14-4-3-13-2-1-11-20-17(13)18(14)21-16/h1-11H,19H2. The summed E-state index contributed by atoms with van der Waals surface area (Å²) in [5, 5.41) is 2.20. The van der Waals surface area contributed by atoms with Crippen LogP contribution in [0.2, 0.25) is 0 Å². The molecule has 4 aromatic rings. The highest BCUT2D eigenvalue weighted by molar-refractivity contribution is 6.03. The Kier molecular flexibility index (Phi) is 2.57. The molecule has 2 heterocycles. The lowest BCUT2D eigenvalue weighted by Crippen LogP contribution is -1.89. The van der Waals surface area contributed by atoms with Crippen molar-refractivity contribution in [1.29, 1.82) is 0 Å². The second kappa shape index (κ2) is 4.56. The molecule has 0 bridgehead atoms. The second-order valence-corrected chi connectivity index (χ2v) is 5.03. The van der Waals surface area contributed by atoms with Crippen molar-refractivity contribution < 1.29 is 0 Å². The van der Waals surface area contributed by atoms with E-state index in [0.29, 0.717) is 0 Å². The van der Waals surface area contributed by atoms with E-state index in [1.807, 2.05) is 36.4 Å². The Bertz CT molecular complexity index is 943. The fourth-order valence-electron chi connectivity index (χ4n) is 2.54. The van der Waals surface area contributed by atoms with Crippen LogP contribution in [0.5, 0.6) is 0 Å². The van der Waals surface area contributed by atoms with Crippen molar-refractivity contribution >= 4 is 27.5 Å². The van der Waals surface area contributed by atoms with Gasteiger partial charge in [0.15, 0.2) is 0 Å². The number of nitrogens with zero attached hydrogens (tertiary/aromatic N) is 2. The summed E-state index contributed by atoms with van der Waals surface area (Å²) >= 11 is 0. The van der Waals surface area contributed by atoms with Gasteiger partial charge in [-0.3, -0.25) is 4.98 Å². The zero-order valence-corrected chi connectivity index (χ0v) is 11.3. The Morgan fingerprint density at radius 3 is 2.24 bits per heavy atom. The number of hydrogen-bond acceptors (Lipinski definition) is 3. The van der Waals surface area contributed by atoms with Gasteiger partial charge in [-0.1, -0.05) is 36.4 Å². The molecule has 0 saturated heterocycles. The molecule has 100 valence electrons. The minimum atomic E-state index is 0.756. The molecule has 2 N–H and O–H groups in total. The van der Waals surface area contributed by atoms with Crippen LogP contribution in [0.4, 0.5) is 5.69 Å². The van der Waals surface area contributed by atoms with Crippen molar-refractivity contribution in [3.05, 3.63) is 66.9 Å². The molecule has 4 rings (SSSR count). The van der Waals surface area contributed by atoms with Crippen molar-refractivity contribution in [3.63, 3.8) is 0 Å². The van der Waals surface area contributed by atoms with Gasteiger partial charge < -0.3 is 5.73 Å². The smallest absolute Gasteiger partial charge is 0.0972 e. The highest BCUT2D eigenvalue weighted by atomic mass is 14.7. The van der Waals surface area contributed by atoms with Gasteiger partial charge >= 0.3 is 0 Å². The molecule has 2 aromatic carbocycles. The first-order valence-electron chi connectivity index (χ1n) is 6.82. The van der Waals surface area contributed by atoms with Gasteiger partial charge in [0.25, 0.3) is 0 Å². The Balaban J connectivity index is 2.00. The summed E-state index contributed by atoms with van der Waals surface area (Å²) in [7, 11) is 0. The molecule has 21 heavy (non-hydrogen) atoms. The first-order valence-corrected chi connectivity index (χ1v) is 6.82. The fraction of sp³-hybridized carbons (Fsp3) is 0. The third kappa shape index (κ3) is 1.99. The molecular formula is C18H13N3. The normalized spacial score (nSPS) is 11.0. The van der Waals surface area contributed by atoms with E-state index in [1.165, 1.54) is 0 Å². The van der Waals surface area contributed by atoms with Gasteiger partial charge in [0.05, 0.1) is 16.7 Å². The van der Waals surface area contributed by atoms with Crippen LogP contribution in [-0.4, -0.2) is 9.97 Å². The van der Waals surface area contributed by atoms with Crippen LogP contribution >= 0.6 is 0 Å². The van der Waals surface area contributed by atoms with Crippen molar-refractivity contribution in [2.24, 2.45) is 0 Å². The maximum Gasteiger partial charge on any atom is 0.0972 e. The lowest BCUT2D eigenvalue weighted by molar-refractivity contribution is 1.37. The third-order valence-electron chi connectivity index (χ3n) is 3.64. The molecular weight excluding hydrogens is 258 g/mol. The van der Waals surface area contributed by atoms with Gasteiger partial charge in [-0.2, -0.15) is 0 Å². The zero-order chi connectivity index (χ0) is 14.2. The summed E-state index contributed by atoms with van der Waals surface area (Å²) in [5.74, 6) is 0. The Hall–Kier alpha value is -2.94. The van der Waals surface area contributed by atoms with Gasteiger partial charge in [-0.05, 0) is 24.3 Å². The van der Waals surface area contributed by atoms with Crippen LogP contribution in [0.25, 0.3) is 33.1 Å². The maximum absolute atomic E-state index is 5.74. The monoisotopic (exact) mass is 271 g/mol. The summed E-state index contributed by atoms with van der Waals surface area (Å²) in [5.41, 5.74) is 10.4. The molecule has 0 aliphatic heterocycles. The van der Waals surface area contributed by atoms with E-state index < -0.39 is 0 Å². The molecule has 0 saturated carbocycles. The minimum absolute atomic E-state index is 0.756. The predicted molar refractivity (Wildman–Crippen MR) is 86.9 cm³/mol. The number of nitrogens with two attached hydrogens (primary N) is 1. The number of nitrogen functional groups attached to an aromatic ring is 1. The largest absolute Gasteiger partial charge is 0.399 e. The number of benzene rings is 2. The van der Waals surface area contributed by atoms with E-state index in [0.717, 1.165) is 38.8 Å². The topological polar surface area (TPSA) is 51.8 Å². The highest BCUT2D eigenvalue weighted by Crippen LogP contribution is 2.26. The van der Waals surface area contributed by atoms with Crippen molar-refractivity contribution in [2.45, 2.75) is 0 Å². The van der Waals surface area contributed by atoms with E-state index in [2.05, 4.69) is 29.2 Å². The minimum Gasteiger partial charge on any atom is -0.399 e. The van der Waals surface area contributed by atoms with E-state index in [1.54, 1.807) is 6.20 Å². The molecule has 2 aromatic heterocycles. The van der Waals surface area contributed by atoms with E-state index in [4.69, 9.17) is 10.7 Å². The molecule has 3 nitrogen and oxygen atoms in total. The summed E-state index contributed by atoms with van der Waals surface area (Å²) in [6.45, 7) is 0. The quantitative estimate of drug-likeness (QED) is 0.420. The fourth-order valence-corrected chi connectivity index (χ4v) is 2.54. The van der Waals surface area contributed by atoms with Crippen LogP contribution < -0.4 is 5.73 Å². The highest BCUT2D eigenvalue weighted by Gasteiger charge is 2.05. The molecule has 0 aliphatic rings. The lowest BCUT2D eigenvalue weighted by Gasteiger charge is -2.06. The maximum atomic E-state index is 5.74. The zero-order valence-electron chi connectivity index (χ0n) is 11.3. The van der Waals surface area contributed by atoms with Gasteiger partial charge in [-0.25, -0.2) is 4.98 Å². The summed E-state index contributed by atoms with van der Waals surface area (Å²) < 4.78 is 0. The number of hydrogen-bond donors (Lipinski definition) is 1. The number of rotatable bonds is 1. The average Bonchev–Trinajstić information content (AvgIpc) is 2.55. The summed E-state index contributed by atoms with van der Waals surface area (Å²) in [6, 6.07) is 20.0. The Morgan fingerprint density at radius 1 is 0.714 bits per heavy atom. The molecule has 0 amide bonds. The Morgan fingerprint density at radius 2 is 1.43 bits per heavy atom. The van der Waals surface area contributed by atoms with Gasteiger partial charge in [0, 0.05) is 28.2 Å². The van der Waals surface area contributed by atoms with Gasteiger partial charge in [-0.15, -0.1) is 0 Å². The Labute approximate surface area is 122 Å². The first-order chi connectivity index (χ1) is 10.3. The lowest BCUT2D eigenvalue weighted by atomic mass is 10.1. The van der Waals surface area contributed by atoms with Crippen LogP contribution in [0.3, 0.4) is 0 Å². The first kappa shape index (κ1) is 11.9. The molecule has 0 atom stereocenters. The van der Waals surface area contributed by atoms with Crippen LogP contribution in [0, 0.1) is 0 Å². The number of anilines is 1. The third-order valence-corrected chi connectivity index (χ3v) is 3.64. The van der Waals surface area contributed by atoms with Crippen LogP contribution in [0.1, 0.15) is 0 Å². The van der Waals surface area contributed by atoms with Crippen LogP contribution in [-0.2, 0) is 0 Å². The molecule has 0 fully saturated rings. The number of fused-ring (bicyclic) bond motifs is 3. The average molecular weight is 271 g/mol. The van der Waals surface area contributed by atoms with Gasteiger partial charge in [0.1, 0.15) is 0 Å². The van der Waals surface area contributed by atoms with Crippen LogP contribution in [0.15, 0.2) is 66.9 Å². The van der Waals surface area contributed by atoms with Crippen molar-refractivity contribution in [2.75, 3.05) is 5.73 Å². The van der Waals surface area contributed by atoms with Gasteiger partial charge in [0.2, 0.25) is 0 Å². The van der Waals surface area contributed by atoms with E-state index in [9.17, 15) is 0 Å². The molecule has 0 unspecified atom stereocenters.